The highest BCUT2D eigenvalue weighted by Gasteiger charge is 2.30. The summed E-state index contributed by atoms with van der Waals surface area (Å²) in [5, 5.41) is 0. The van der Waals surface area contributed by atoms with Gasteiger partial charge >= 0.3 is 0 Å². The maximum absolute atomic E-state index is 12.1. The molecule has 3 nitrogen and oxygen atoms in total. The Morgan fingerprint density at radius 2 is 2.00 bits per heavy atom. The van der Waals surface area contributed by atoms with Crippen LogP contribution in [0.3, 0.4) is 0 Å². The van der Waals surface area contributed by atoms with Crippen molar-refractivity contribution in [3.05, 3.63) is 0 Å². The lowest BCUT2D eigenvalue weighted by Gasteiger charge is -2.21. The van der Waals surface area contributed by atoms with Gasteiger partial charge in [-0.05, 0) is 12.8 Å². The van der Waals surface area contributed by atoms with E-state index in [9.17, 15) is 8.78 Å². The van der Waals surface area contributed by atoms with Crippen LogP contribution in [0, 0.1) is 0 Å². The summed E-state index contributed by atoms with van der Waals surface area (Å²) in [6.45, 7) is 1.96. The molecule has 1 fully saturated rings. The lowest BCUT2D eigenvalue weighted by atomic mass is 10.4. The van der Waals surface area contributed by atoms with Crippen molar-refractivity contribution < 1.29 is 13.5 Å². The zero-order valence-corrected chi connectivity index (χ0v) is 9.52. The Morgan fingerprint density at radius 3 is 2.47 bits per heavy atom. The van der Waals surface area contributed by atoms with Crippen molar-refractivity contribution in [2.24, 2.45) is 5.73 Å². The first kappa shape index (κ1) is 15.0. The molecule has 1 saturated carbocycles. The topological polar surface area (TPSA) is 38.5 Å². The van der Waals surface area contributed by atoms with E-state index in [0.717, 1.165) is 12.8 Å². The van der Waals surface area contributed by atoms with Gasteiger partial charge in [0, 0.05) is 19.1 Å². The minimum atomic E-state index is -2.25. The molecular formula is C9H19ClF2N2O. The van der Waals surface area contributed by atoms with E-state index in [1.54, 1.807) is 4.90 Å². The minimum Gasteiger partial charge on any atom is -0.379 e. The molecular weight excluding hydrogens is 226 g/mol. The van der Waals surface area contributed by atoms with Crippen LogP contribution in [0.4, 0.5) is 8.78 Å². The second kappa shape index (κ2) is 8.21. The molecule has 15 heavy (non-hydrogen) atoms. The molecule has 1 aliphatic rings. The van der Waals surface area contributed by atoms with E-state index < -0.39 is 6.43 Å². The number of hydrogen-bond donors (Lipinski definition) is 1. The Labute approximate surface area is 95.4 Å². The Balaban J connectivity index is 0.00000196. The van der Waals surface area contributed by atoms with E-state index in [1.165, 1.54) is 0 Å². The molecule has 92 valence electrons. The van der Waals surface area contributed by atoms with Crippen molar-refractivity contribution >= 4 is 12.4 Å². The van der Waals surface area contributed by atoms with Gasteiger partial charge in [-0.3, -0.25) is 4.90 Å². The number of nitrogens with two attached hydrogens (primary N) is 1. The maximum atomic E-state index is 12.1. The number of alkyl halides is 2. The smallest absolute Gasteiger partial charge is 0.251 e. The maximum Gasteiger partial charge on any atom is 0.251 e. The van der Waals surface area contributed by atoms with Gasteiger partial charge in [0.05, 0.1) is 19.8 Å². The van der Waals surface area contributed by atoms with Crippen molar-refractivity contribution in [1.29, 1.82) is 0 Å². The van der Waals surface area contributed by atoms with E-state index in [-0.39, 0.29) is 19.0 Å². The largest absolute Gasteiger partial charge is 0.379 e. The SMILES string of the molecule is Cl.NCCOCCN(CC(F)F)C1CC1. The fraction of sp³-hybridized carbons (Fsp3) is 1.00. The van der Waals surface area contributed by atoms with Crippen LogP contribution < -0.4 is 5.73 Å². The third-order valence-corrected chi connectivity index (χ3v) is 2.22. The summed E-state index contributed by atoms with van der Waals surface area (Å²) >= 11 is 0. The van der Waals surface area contributed by atoms with Gasteiger partial charge in [0.25, 0.3) is 6.43 Å². The van der Waals surface area contributed by atoms with Gasteiger partial charge in [-0.2, -0.15) is 0 Å². The van der Waals surface area contributed by atoms with Crippen molar-refractivity contribution in [3.63, 3.8) is 0 Å². The Kier molecular flexibility index (Phi) is 8.23. The van der Waals surface area contributed by atoms with Gasteiger partial charge in [0.1, 0.15) is 0 Å². The second-order valence-electron chi connectivity index (χ2n) is 3.52. The van der Waals surface area contributed by atoms with E-state index in [0.29, 0.717) is 32.3 Å². The highest BCUT2D eigenvalue weighted by molar-refractivity contribution is 5.85. The van der Waals surface area contributed by atoms with Gasteiger partial charge in [-0.25, -0.2) is 8.78 Å². The average molecular weight is 245 g/mol. The summed E-state index contributed by atoms with van der Waals surface area (Å²) < 4.78 is 29.5. The first-order valence-corrected chi connectivity index (χ1v) is 5.04. The zero-order chi connectivity index (χ0) is 10.4. The first-order valence-electron chi connectivity index (χ1n) is 5.04. The van der Waals surface area contributed by atoms with E-state index >= 15 is 0 Å². The highest BCUT2D eigenvalue weighted by Crippen LogP contribution is 2.26. The molecule has 1 rings (SSSR count). The van der Waals surface area contributed by atoms with Crippen LogP contribution in [0.1, 0.15) is 12.8 Å². The van der Waals surface area contributed by atoms with Gasteiger partial charge in [0.2, 0.25) is 0 Å². The van der Waals surface area contributed by atoms with Crippen LogP contribution in [-0.4, -0.2) is 50.2 Å². The van der Waals surface area contributed by atoms with Crippen molar-refractivity contribution in [2.75, 3.05) is 32.8 Å². The predicted octanol–water partition coefficient (Wildman–Crippen LogP) is 1.11. The van der Waals surface area contributed by atoms with Gasteiger partial charge in [-0.1, -0.05) is 0 Å². The standard InChI is InChI=1S/C9H18F2N2O.ClH/c10-9(11)7-13(8-1-2-8)4-6-14-5-3-12;/h8-9H,1-7,12H2;1H. The molecule has 1 aliphatic carbocycles. The molecule has 0 radical (unpaired) electrons. The summed E-state index contributed by atoms with van der Waals surface area (Å²) in [6.07, 6.45) is -0.155. The predicted molar refractivity (Wildman–Crippen MR) is 57.7 cm³/mol. The molecule has 0 amide bonds. The van der Waals surface area contributed by atoms with Crippen LogP contribution in [0.5, 0.6) is 0 Å². The van der Waals surface area contributed by atoms with Crippen LogP contribution in [-0.2, 0) is 4.74 Å². The molecule has 0 aromatic heterocycles. The van der Waals surface area contributed by atoms with E-state index in [1.807, 2.05) is 0 Å². The molecule has 0 atom stereocenters. The molecule has 0 heterocycles. The monoisotopic (exact) mass is 244 g/mol. The van der Waals surface area contributed by atoms with Crippen LogP contribution >= 0.6 is 12.4 Å². The number of halogens is 3. The minimum absolute atomic E-state index is 0. The normalized spacial score (nSPS) is 15.8. The summed E-state index contributed by atoms with van der Waals surface area (Å²) in [5.74, 6) is 0. The second-order valence-corrected chi connectivity index (χ2v) is 3.52. The number of hydrogen-bond acceptors (Lipinski definition) is 3. The van der Waals surface area contributed by atoms with Gasteiger partial charge in [-0.15, -0.1) is 12.4 Å². The Morgan fingerprint density at radius 1 is 1.33 bits per heavy atom. The highest BCUT2D eigenvalue weighted by atomic mass is 35.5. The summed E-state index contributed by atoms with van der Waals surface area (Å²) in [5.41, 5.74) is 5.24. The Bertz CT molecular complexity index is 159. The number of ether oxygens (including phenoxy) is 1. The lowest BCUT2D eigenvalue weighted by Crippen LogP contribution is -2.34. The molecule has 0 aromatic rings. The molecule has 0 unspecified atom stereocenters. The van der Waals surface area contributed by atoms with E-state index in [4.69, 9.17) is 10.5 Å². The molecule has 6 heteroatoms. The van der Waals surface area contributed by atoms with Gasteiger partial charge < -0.3 is 10.5 Å². The Hall–Kier alpha value is 0.0300. The molecule has 0 spiro atoms. The summed E-state index contributed by atoms with van der Waals surface area (Å²) in [4.78, 5) is 1.81. The number of rotatable bonds is 8. The fourth-order valence-electron chi connectivity index (χ4n) is 1.41. The molecule has 0 bridgehead atoms. The summed E-state index contributed by atoms with van der Waals surface area (Å²) in [7, 11) is 0. The van der Waals surface area contributed by atoms with Crippen LogP contribution in [0.2, 0.25) is 0 Å². The molecule has 0 aromatic carbocycles. The number of nitrogens with zero attached hydrogens (tertiary/aromatic N) is 1. The zero-order valence-electron chi connectivity index (χ0n) is 8.70. The van der Waals surface area contributed by atoms with Crippen LogP contribution in [0.15, 0.2) is 0 Å². The summed E-state index contributed by atoms with van der Waals surface area (Å²) in [6, 6.07) is 0.366. The lowest BCUT2D eigenvalue weighted by molar-refractivity contribution is 0.0572. The van der Waals surface area contributed by atoms with Crippen LogP contribution in [0.25, 0.3) is 0 Å². The third-order valence-electron chi connectivity index (χ3n) is 2.22. The first-order chi connectivity index (χ1) is 6.74. The molecule has 2 N–H and O–H groups in total. The van der Waals surface area contributed by atoms with Crippen molar-refractivity contribution in [1.82, 2.24) is 4.90 Å². The fourth-order valence-corrected chi connectivity index (χ4v) is 1.41. The molecule has 0 aliphatic heterocycles. The van der Waals surface area contributed by atoms with Crippen molar-refractivity contribution in [3.8, 4) is 0 Å². The third kappa shape index (κ3) is 7.00. The average Bonchev–Trinajstić information content (AvgIpc) is 2.92. The quantitative estimate of drug-likeness (QED) is 0.651. The molecule has 0 saturated heterocycles. The van der Waals surface area contributed by atoms with E-state index in [2.05, 4.69) is 0 Å². The van der Waals surface area contributed by atoms with Crippen molar-refractivity contribution in [2.45, 2.75) is 25.3 Å². The van der Waals surface area contributed by atoms with Gasteiger partial charge in [0.15, 0.2) is 0 Å².